The van der Waals surface area contributed by atoms with Crippen LogP contribution in [0.25, 0.3) is 0 Å². The normalized spacial score (nSPS) is 24.4. The highest BCUT2D eigenvalue weighted by Gasteiger charge is 2.23. The van der Waals surface area contributed by atoms with E-state index in [4.69, 9.17) is 4.52 Å². The van der Waals surface area contributed by atoms with Crippen molar-refractivity contribution in [3.63, 3.8) is 0 Å². The van der Waals surface area contributed by atoms with Gasteiger partial charge in [-0.15, -0.1) is 0 Å². The lowest BCUT2D eigenvalue weighted by molar-refractivity contribution is 0.106. The maximum absolute atomic E-state index is 5.48. The number of aromatic nitrogens is 1. The number of piperidine rings is 1. The second-order valence-electron chi connectivity index (χ2n) is 6.77. The van der Waals surface area contributed by atoms with Gasteiger partial charge in [-0.05, 0) is 38.1 Å². The lowest BCUT2D eigenvalue weighted by Gasteiger charge is -2.35. The molecule has 0 aliphatic carbocycles. The number of hydrogen-bond acceptors (Lipinski definition) is 4. The first-order valence-corrected chi connectivity index (χ1v) is 7.93. The van der Waals surface area contributed by atoms with Crippen LogP contribution < -0.4 is 5.32 Å². The molecule has 0 saturated carbocycles. The largest absolute Gasteiger partial charge is 0.360 e. The summed E-state index contributed by atoms with van der Waals surface area (Å²) in [5.41, 5.74) is 1.01. The number of rotatable bonds is 6. The van der Waals surface area contributed by atoms with Crippen molar-refractivity contribution in [2.24, 2.45) is 11.8 Å². The summed E-state index contributed by atoms with van der Waals surface area (Å²) in [7, 11) is 0. The molecule has 0 spiro atoms. The SMILES string of the molecule is CC(C)CNCc1cc(CN2CC(C)CCC2C)on1. The maximum atomic E-state index is 5.48. The van der Waals surface area contributed by atoms with E-state index in [-0.39, 0.29) is 0 Å². The molecule has 1 aliphatic heterocycles. The van der Waals surface area contributed by atoms with Crippen molar-refractivity contribution in [3.8, 4) is 0 Å². The van der Waals surface area contributed by atoms with Gasteiger partial charge >= 0.3 is 0 Å². The van der Waals surface area contributed by atoms with Crippen molar-refractivity contribution >= 4 is 0 Å². The second-order valence-corrected chi connectivity index (χ2v) is 6.77. The van der Waals surface area contributed by atoms with Crippen LogP contribution in [0.1, 0.15) is 52.0 Å². The third-order valence-electron chi connectivity index (χ3n) is 4.07. The minimum Gasteiger partial charge on any atom is -0.360 e. The van der Waals surface area contributed by atoms with Crippen LogP contribution in [0.15, 0.2) is 10.6 Å². The molecule has 1 aliphatic rings. The first kappa shape index (κ1) is 15.5. The summed E-state index contributed by atoms with van der Waals surface area (Å²) < 4.78 is 5.48. The van der Waals surface area contributed by atoms with Crippen LogP contribution in [0.2, 0.25) is 0 Å². The molecule has 2 atom stereocenters. The molecule has 1 aromatic heterocycles. The van der Waals surface area contributed by atoms with Crippen LogP contribution in [-0.4, -0.2) is 29.2 Å². The summed E-state index contributed by atoms with van der Waals surface area (Å²) in [5, 5.41) is 7.56. The average molecular weight is 279 g/mol. The molecule has 1 aromatic rings. The fraction of sp³-hybridized carbons (Fsp3) is 0.812. The first-order chi connectivity index (χ1) is 9.54. The molecule has 1 N–H and O–H groups in total. The molecular formula is C16H29N3O. The Labute approximate surface area is 122 Å². The number of hydrogen-bond donors (Lipinski definition) is 1. The summed E-state index contributed by atoms with van der Waals surface area (Å²) in [6, 6.07) is 2.75. The van der Waals surface area contributed by atoms with Gasteiger partial charge in [0.2, 0.25) is 0 Å². The van der Waals surface area contributed by atoms with E-state index in [2.05, 4.69) is 49.1 Å². The highest BCUT2D eigenvalue weighted by atomic mass is 16.5. The highest BCUT2D eigenvalue weighted by molar-refractivity contribution is 5.05. The summed E-state index contributed by atoms with van der Waals surface area (Å²) in [5.74, 6) is 2.45. The molecule has 0 aromatic carbocycles. The van der Waals surface area contributed by atoms with Crippen LogP contribution in [0.5, 0.6) is 0 Å². The third kappa shape index (κ3) is 4.60. The Morgan fingerprint density at radius 2 is 2.20 bits per heavy atom. The van der Waals surface area contributed by atoms with Gasteiger partial charge in [0, 0.05) is 25.2 Å². The Morgan fingerprint density at radius 3 is 2.95 bits per heavy atom. The Balaban J connectivity index is 1.82. The van der Waals surface area contributed by atoms with E-state index < -0.39 is 0 Å². The summed E-state index contributed by atoms with van der Waals surface area (Å²) in [6.45, 7) is 12.9. The molecule has 0 bridgehead atoms. The van der Waals surface area contributed by atoms with E-state index in [1.807, 2.05) is 0 Å². The molecular weight excluding hydrogens is 250 g/mol. The lowest BCUT2D eigenvalue weighted by atomic mass is 9.95. The number of likely N-dealkylation sites (tertiary alicyclic amines) is 1. The Bertz CT molecular complexity index is 402. The number of nitrogens with one attached hydrogen (secondary N) is 1. The second kappa shape index (κ2) is 7.23. The smallest absolute Gasteiger partial charge is 0.151 e. The van der Waals surface area contributed by atoms with Crippen LogP contribution in [-0.2, 0) is 13.1 Å². The summed E-state index contributed by atoms with van der Waals surface area (Å²) in [4.78, 5) is 2.51. The van der Waals surface area contributed by atoms with Gasteiger partial charge in [0.1, 0.15) is 0 Å². The van der Waals surface area contributed by atoms with E-state index in [0.29, 0.717) is 12.0 Å². The minimum atomic E-state index is 0.652. The molecule has 4 heteroatoms. The molecule has 1 saturated heterocycles. The topological polar surface area (TPSA) is 41.3 Å². The maximum Gasteiger partial charge on any atom is 0.151 e. The lowest BCUT2D eigenvalue weighted by Crippen LogP contribution is -2.40. The van der Waals surface area contributed by atoms with Gasteiger partial charge in [0.05, 0.1) is 12.2 Å². The number of nitrogens with zero attached hydrogens (tertiary/aromatic N) is 2. The Morgan fingerprint density at radius 1 is 1.40 bits per heavy atom. The fourth-order valence-electron chi connectivity index (χ4n) is 2.80. The van der Waals surface area contributed by atoms with Gasteiger partial charge in [-0.25, -0.2) is 0 Å². The third-order valence-corrected chi connectivity index (χ3v) is 4.07. The van der Waals surface area contributed by atoms with E-state index in [9.17, 15) is 0 Å². The molecule has 2 rings (SSSR count). The predicted octanol–water partition coefficient (Wildman–Crippen LogP) is 3.04. The van der Waals surface area contributed by atoms with Crippen molar-refractivity contribution in [1.82, 2.24) is 15.4 Å². The summed E-state index contributed by atoms with van der Waals surface area (Å²) >= 11 is 0. The monoisotopic (exact) mass is 279 g/mol. The Hall–Kier alpha value is -0.870. The van der Waals surface area contributed by atoms with Gasteiger partial charge in [-0.3, -0.25) is 4.90 Å². The van der Waals surface area contributed by atoms with Crippen molar-refractivity contribution < 1.29 is 4.52 Å². The fourth-order valence-corrected chi connectivity index (χ4v) is 2.80. The molecule has 2 unspecified atom stereocenters. The quantitative estimate of drug-likeness (QED) is 0.869. The van der Waals surface area contributed by atoms with Crippen molar-refractivity contribution in [3.05, 3.63) is 17.5 Å². The van der Waals surface area contributed by atoms with Crippen LogP contribution >= 0.6 is 0 Å². The Kier molecular flexibility index (Phi) is 5.61. The molecule has 4 nitrogen and oxygen atoms in total. The van der Waals surface area contributed by atoms with E-state index >= 15 is 0 Å². The predicted molar refractivity (Wildman–Crippen MR) is 81.3 cm³/mol. The van der Waals surface area contributed by atoms with E-state index in [1.165, 1.54) is 19.4 Å². The van der Waals surface area contributed by atoms with Crippen molar-refractivity contribution in [2.45, 2.75) is 59.7 Å². The highest BCUT2D eigenvalue weighted by Crippen LogP contribution is 2.23. The zero-order valence-electron chi connectivity index (χ0n) is 13.4. The summed E-state index contributed by atoms with van der Waals surface area (Å²) in [6.07, 6.45) is 2.64. The first-order valence-electron chi connectivity index (χ1n) is 7.93. The zero-order chi connectivity index (χ0) is 14.5. The van der Waals surface area contributed by atoms with Crippen LogP contribution in [0.4, 0.5) is 0 Å². The molecule has 1 fully saturated rings. The van der Waals surface area contributed by atoms with Crippen molar-refractivity contribution in [1.29, 1.82) is 0 Å². The van der Waals surface area contributed by atoms with Gasteiger partial charge < -0.3 is 9.84 Å². The van der Waals surface area contributed by atoms with E-state index in [1.54, 1.807) is 0 Å². The minimum absolute atomic E-state index is 0.652. The van der Waals surface area contributed by atoms with Crippen molar-refractivity contribution in [2.75, 3.05) is 13.1 Å². The van der Waals surface area contributed by atoms with Crippen LogP contribution in [0, 0.1) is 11.8 Å². The molecule has 114 valence electrons. The van der Waals surface area contributed by atoms with Gasteiger partial charge in [-0.1, -0.05) is 25.9 Å². The average Bonchev–Trinajstić information content (AvgIpc) is 2.81. The molecule has 2 heterocycles. The zero-order valence-corrected chi connectivity index (χ0v) is 13.4. The van der Waals surface area contributed by atoms with Gasteiger partial charge in [0.25, 0.3) is 0 Å². The standard InChI is InChI=1S/C16H29N3O/c1-12(2)8-17-9-15-7-16(20-18-15)11-19-10-13(3)5-6-14(19)4/h7,12-14,17H,5-6,8-11H2,1-4H3. The molecule has 0 amide bonds. The van der Waals surface area contributed by atoms with E-state index in [0.717, 1.165) is 37.0 Å². The van der Waals surface area contributed by atoms with Gasteiger partial charge in [-0.2, -0.15) is 0 Å². The van der Waals surface area contributed by atoms with Crippen LogP contribution in [0.3, 0.4) is 0 Å². The molecule has 0 radical (unpaired) electrons. The molecule has 20 heavy (non-hydrogen) atoms. The van der Waals surface area contributed by atoms with Gasteiger partial charge in [0.15, 0.2) is 5.76 Å².